The van der Waals surface area contributed by atoms with Gasteiger partial charge < -0.3 is 9.52 Å². The van der Waals surface area contributed by atoms with Gasteiger partial charge in [0.15, 0.2) is 0 Å². The third-order valence-corrected chi connectivity index (χ3v) is 2.38. The highest BCUT2D eigenvalue weighted by molar-refractivity contribution is 9.10. The summed E-state index contributed by atoms with van der Waals surface area (Å²) in [5.41, 5.74) is 0.867. The number of halogens is 1. The Kier molecular flexibility index (Phi) is 2.38. The summed E-state index contributed by atoms with van der Waals surface area (Å²) in [4.78, 5) is 0. The van der Waals surface area contributed by atoms with Crippen molar-refractivity contribution in [1.29, 1.82) is 0 Å². The van der Waals surface area contributed by atoms with E-state index in [4.69, 9.17) is 9.52 Å². The predicted octanol–water partition coefficient (Wildman–Crippen LogP) is 2.73. The summed E-state index contributed by atoms with van der Waals surface area (Å²) < 4.78 is 6.52. The molecule has 1 heterocycles. The molecular formula is C10H9BrO2. The monoisotopic (exact) mass is 240 g/mol. The lowest BCUT2D eigenvalue weighted by atomic mass is 10.2. The van der Waals surface area contributed by atoms with Gasteiger partial charge >= 0.3 is 0 Å². The lowest BCUT2D eigenvalue weighted by Gasteiger charge is -1.88. The minimum Gasteiger partial charge on any atom is -0.461 e. The Labute approximate surface area is 84.3 Å². The summed E-state index contributed by atoms with van der Waals surface area (Å²) in [6.45, 7) is 0.126. The van der Waals surface area contributed by atoms with Gasteiger partial charge in [0.05, 0.1) is 6.61 Å². The Morgan fingerprint density at radius 2 is 2.15 bits per heavy atom. The lowest BCUT2D eigenvalue weighted by molar-refractivity contribution is 0.289. The molecule has 68 valence electrons. The van der Waals surface area contributed by atoms with Crippen LogP contribution < -0.4 is 0 Å². The Balaban J connectivity index is 2.49. The van der Waals surface area contributed by atoms with E-state index in [0.717, 1.165) is 21.2 Å². The molecule has 0 amide bonds. The molecule has 0 atom stereocenters. The maximum Gasteiger partial charge on any atom is 0.134 e. The molecule has 0 unspecified atom stereocenters. The fraction of sp³-hybridized carbons (Fsp3) is 0.200. The summed E-state index contributed by atoms with van der Waals surface area (Å²) in [5, 5.41) is 9.80. The van der Waals surface area contributed by atoms with Gasteiger partial charge in [-0.25, -0.2) is 0 Å². The van der Waals surface area contributed by atoms with Crippen LogP contribution >= 0.6 is 15.9 Å². The first-order chi connectivity index (χ1) is 6.29. The highest BCUT2D eigenvalue weighted by atomic mass is 79.9. The second-order valence-corrected chi connectivity index (χ2v) is 3.78. The fourth-order valence-corrected chi connectivity index (χ4v) is 1.68. The maximum absolute atomic E-state index is 8.73. The predicted molar refractivity (Wildman–Crippen MR) is 54.7 cm³/mol. The van der Waals surface area contributed by atoms with Crippen molar-refractivity contribution in [2.75, 3.05) is 6.61 Å². The van der Waals surface area contributed by atoms with Crippen molar-refractivity contribution in [1.82, 2.24) is 0 Å². The molecular weight excluding hydrogens is 232 g/mol. The molecule has 2 nitrogen and oxygen atoms in total. The molecule has 0 bridgehead atoms. The molecule has 1 aromatic carbocycles. The van der Waals surface area contributed by atoms with Crippen LogP contribution in [0.1, 0.15) is 5.76 Å². The van der Waals surface area contributed by atoms with E-state index in [1.165, 1.54) is 0 Å². The van der Waals surface area contributed by atoms with Gasteiger partial charge in [-0.3, -0.25) is 0 Å². The van der Waals surface area contributed by atoms with Crippen molar-refractivity contribution >= 4 is 26.9 Å². The summed E-state index contributed by atoms with van der Waals surface area (Å²) in [6, 6.07) is 7.81. The number of hydrogen-bond donors (Lipinski definition) is 1. The van der Waals surface area contributed by atoms with Crippen LogP contribution in [0, 0.1) is 0 Å². The molecule has 0 spiro atoms. The quantitative estimate of drug-likeness (QED) is 0.876. The zero-order valence-corrected chi connectivity index (χ0v) is 8.54. The third kappa shape index (κ3) is 1.76. The van der Waals surface area contributed by atoms with Gasteiger partial charge in [0.2, 0.25) is 0 Å². The number of benzene rings is 1. The number of rotatable bonds is 2. The van der Waals surface area contributed by atoms with Crippen LogP contribution in [0.15, 0.2) is 33.2 Å². The standard InChI is InChI=1S/C10H9BrO2/c11-8-1-2-10-7(5-8)6-9(13-10)3-4-12/h1-2,5-6,12H,3-4H2. The van der Waals surface area contributed by atoms with Crippen LogP contribution in [-0.2, 0) is 6.42 Å². The van der Waals surface area contributed by atoms with Crippen LogP contribution in [0.3, 0.4) is 0 Å². The topological polar surface area (TPSA) is 33.4 Å². The Morgan fingerprint density at radius 1 is 1.31 bits per heavy atom. The zero-order chi connectivity index (χ0) is 9.26. The molecule has 0 saturated heterocycles. The maximum atomic E-state index is 8.73. The number of furan rings is 1. The van der Waals surface area contributed by atoms with Crippen molar-refractivity contribution in [3.05, 3.63) is 34.5 Å². The van der Waals surface area contributed by atoms with E-state index in [1.807, 2.05) is 24.3 Å². The lowest BCUT2D eigenvalue weighted by Crippen LogP contribution is -1.85. The first-order valence-electron chi connectivity index (χ1n) is 4.08. The van der Waals surface area contributed by atoms with Crippen LogP contribution in [0.4, 0.5) is 0 Å². The summed E-state index contributed by atoms with van der Waals surface area (Å²) >= 11 is 3.39. The van der Waals surface area contributed by atoms with Gasteiger partial charge in [-0.2, -0.15) is 0 Å². The molecule has 0 aliphatic rings. The van der Waals surface area contributed by atoms with E-state index in [0.29, 0.717) is 6.42 Å². The third-order valence-electron chi connectivity index (χ3n) is 1.89. The molecule has 0 aliphatic heterocycles. The summed E-state index contributed by atoms with van der Waals surface area (Å²) in [5.74, 6) is 0.829. The minimum atomic E-state index is 0.126. The van der Waals surface area contributed by atoms with Gasteiger partial charge in [-0.15, -0.1) is 0 Å². The van der Waals surface area contributed by atoms with E-state index in [9.17, 15) is 0 Å². The van der Waals surface area contributed by atoms with Crippen LogP contribution in [0.25, 0.3) is 11.0 Å². The summed E-state index contributed by atoms with van der Waals surface area (Å²) in [6.07, 6.45) is 0.576. The van der Waals surface area contributed by atoms with Crippen LogP contribution in [-0.4, -0.2) is 11.7 Å². The molecule has 2 aromatic rings. The van der Waals surface area contributed by atoms with Gasteiger partial charge in [-0.05, 0) is 24.3 Å². The van der Waals surface area contributed by atoms with Gasteiger partial charge in [-0.1, -0.05) is 15.9 Å². The minimum absolute atomic E-state index is 0.126. The molecule has 0 fully saturated rings. The molecule has 1 aromatic heterocycles. The van der Waals surface area contributed by atoms with Crippen molar-refractivity contribution in [2.45, 2.75) is 6.42 Å². The van der Waals surface area contributed by atoms with Crippen LogP contribution in [0.2, 0.25) is 0 Å². The average molecular weight is 241 g/mol. The van der Waals surface area contributed by atoms with Crippen molar-refractivity contribution in [3.63, 3.8) is 0 Å². The van der Waals surface area contributed by atoms with Crippen LogP contribution in [0.5, 0.6) is 0 Å². The molecule has 0 aliphatic carbocycles. The number of aliphatic hydroxyl groups excluding tert-OH is 1. The fourth-order valence-electron chi connectivity index (χ4n) is 1.30. The first-order valence-corrected chi connectivity index (χ1v) is 4.88. The number of fused-ring (bicyclic) bond motifs is 1. The number of hydrogen-bond acceptors (Lipinski definition) is 2. The second-order valence-electron chi connectivity index (χ2n) is 2.87. The molecule has 2 rings (SSSR count). The normalized spacial score (nSPS) is 10.9. The van der Waals surface area contributed by atoms with E-state index in [1.54, 1.807) is 0 Å². The number of aliphatic hydroxyl groups is 1. The second kappa shape index (κ2) is 3.52. The van der Waals surface area contributed by atoms with E-state index < -0.39 is 0 Å². The molecule has 3 heteroatoms. The summed E-state index contributed by atoms with van der Waals surface area (Å²) in [7, 11) is 0. The van der Waals surface area contributed by atoms with Crippen molar-refractivity contribution in [2.24, 2.45) is 0 Å². The SMILES string of the molecule is OCCc1cc2cc(Br)ccc2o1. The molecule has 13 heavy (non-hydrogen) atoms. The largest absolute Gasteiger partial charge is 0.461 e. The highest BCUT2D eigenvalue weighted by Crippen LogP contribution is 2.23. The van der Waals surface area contributed by atoms with E-state index in [2.05, 4.69) is 15.9 Å². The zero-order valence-electron chi connectivity index (χ0n) is 6.96. The van der Waals surface area contributed by atoms with Gasteiger partial charge in [0.25, 0.3) is 0 Å². The Morgan fingerprint density at radius 3 is 2.92 bits per heavy atom. The molecule has 1 N–H and O–H groups in total. The first kappa shape index (κ1) is 8.78. The van der Waals surface area contributed by atoms with Crippen molar-refractivity contribution in [3.8, 4) is 0 Å². The molecule has 0 saturated carbocycles. The van der Waals surface area contributed by atoms with Gasteiger partial charge in [0, 0.05) is 16.3 Å². The Bertz CT molecular complexity index is 420. The van der Waals surface area contributed by atoms with E-state index >= 15 is 0 Å². The Hall–Kier alpha value is -0.800. The highest BCUT2D eigenvalue weighted by Gasteiger charge is 2.02. The molecule has 0 radical (unpaired) electrons. The van der Waals surface area contributed by atoms with Gasteiger partial charge in [0.1, 0.15) is 11.3 Å². The van der Waals surface area contributed by atoms with E-state index in [-0.39, 0.29) is 6.61 Å². The smallest absolute Gasteiger partial charge is 0.134 e. The van der Waals surface area contributed by atoms with Crippen molar-refractivity contribution < 1.29 is 9.52 Å². The average Bonchev–Trinajstić information content (AvgIpc) is 2.46.